The van der Waals surface area contributed by atoms with Crippen LogP contribution in [0.4, 0.5) is 10.5 Å². The van der Waals surface area contributed by atoms with E-state index in [0.717, 1.165) is 44.7 Å². The van der Waals surface area contributed by atoms with Gasteiger partial charge in [-0.3, -0.25) is 9.78 Å². The number of urea groups is 1. The summed E-state index contributed by atoms with van der Waals surface area (Å²) in [7, 11) is 0. The zero-order chi connectivity index (χ0) is 19.2. The van der Waals surface area contributed by atoms with Crippen molar-refractivity contribution in [2.45, 2.75) is 39.2 Å². The van der Waals surface area contributed by atoms with Crippen LogP contribution >= 0.6 is 0 Å². The Morgan fingerprint density at radius 3 is 2.41 bits per heavy atom. The molecular weight excluding hydrogens is 342 g/mol. The summed E-state index contributed by atoms with van der Waals surface area (Å²) >= 11 is 0. The Labute approximate surface area is 161 Å². The van der Waals surface area contributed by atoms with Crippen LogP contribution in [0.5, 0.6) is 0 Å². The molecule has 1 aromatic heterocycles. The fourth-order valence-corrected chi connectivity index (χ4v) is 3.73. The highest BCUT2D eigenvalue weighted by Crippen LogP contribution is 2.16. The first kappa shape index (κ1) is 19.5. The summed E-state index contributed by atoms with van der Waals surface area (Å²) in [5, 5.41) is 3.16. The average Bonchev–Trinajstić information content (AvgIpc) is 2.69. The molecule has 0 aliphatic carbocycles. The molecule has 148 valence electrons. The van der Waals surface area contributed by atoms with E-state index in [1.54, 1.807) is 6.20 Å². The fourth-order valence-electron chi connectivity index (χ4n) is 3.73. The van der Waals surface area contributed by atoms with Crippen LogP contribution in [0.1, 0.15) is 33.1 Å². The van der Waals surface area contributed by atoms with E-state index in [0.29, 0.717) is 25.4 Å². The van der Waals surface area contributed by atoms with E-state index in [2.05, 4.69) is 35.1 Å². The molecular formula is C20H31N5O2. The van der Waals surface area contributed by atoms with Crippen LogP contribution in [-0.2, 0) is 4.79 Å². The van der Waals surface area contributed by atoms with Crippen molar-refractivity contribution in [3.63, 3.8) is 0 Å². The molecule has 1 aromatic rings. The van der Waals surface area contributed by atoms with Gasteiger partial charge in [0, 0.05) is 57.9 Å². The maximum Gasteiger partial charge on any atom is 0.317 e. The second kappa shape index (κ2) is 9.06. The van der Waals surface area contributed by atoms with E-state index in [1.807, 2.05) is 22.1 Å². The minimum Gasteiger partial charge on any atom is -0.367 e. The standard InChI is InChI=1S/C20H31N5O2/c1-16(2)14-19(26)24-8-5-17(6-9-24)22-20(27)25-12-10-23(11-13-25)18-4-3-7-21-15-18/h3-4,7,15-17H,5-6,8-14H2,1-2H3,(H,22,27). The van der Waals surface area contributed by atoms with Gasteiger partial charge in [-0.05, 0) is 30.9 Å². The number of aromatic nitrogens is 1. The SMILES string of the molecule is CC(C)CC(=O)N1CCC(NC(=O)N2CCN(c3cccnc3)CC2)CC1. The molecule has 3 amide bonds. The molecule has 0 saturated carbocycles. The lowest BCUT2D eigenvalue weighted by Crippen LogP contribution is -2.55. The van der Waals surface area contributed by atoms with E-state index >= 15 is 0 Å². The summed E-state index contributed by atoms with van der Waals surface area (Å²) in [5.74, 6) is 0.626. The van der Waals surface area contributed by atoms with Gasteiger partial charge in [0.2, 0.25) is 5.91 Å². The molecule has 0 atom stereocenters. The second-order valence-corrected chi connectivity index (χ2v) is 7.89. The summed E-state index contributed by atoms with van der Waals surface area (Å²) in [5.41, 5.74) is 1.11. The van der Waals surface area contributed by atoms with Crippen LogP contribution < -0.4 is 10.2 Å². The van der Waals surface area contributed by atoms with Gasteiger partial charge < -0.3 is 20.0 Å². The largest absolute Gasteiger partial charge is 0.367 e. The number of nitrogens with zero attached hydrogens (tertiary/aromatic N) is 4. The van der Waals surface area contributed by atoms with E-state index in [9.17, 15) is 9.59 Å². The molecule has 0 bridgehead atoms. The summed E-state index contributed by atoms with van der Waals surface area (Å²) in [6, 6.07) is 4.17. The van der Waals surface area contributed by atoms with Crippen LogP contribution in [0.2, 0.25) is 0 Å². The van der Waals surface area contributed by atoms with Gasteiger partial charge >= 0.3 is 6.03 Å². The molecule has 2 aliphatic heterocycles. The molecule has 0 spiro atoms. The molecule has 2 aliphatic rings. The monoisotopic (exact) mass is 373 g/mol. The number of likely N-dealkylation sites (tertiary alicyclic amines) is 1. The zero-order valence-corrected chi connectivity index (χ0v) is 16.4. The highest BCUT2D eigenvalue weighted by Gasteiger charge is 2.27. The van der Waals surface area contributed by atoms with Crippen molar-refractivity contribution in [3.8, 4) is 0 Å². The van der Waals surface area contributed by atoms with Crippen molar-refractivity contribution in [1.82, 2.24) is 20.1 Å². The van der Waals surface area contributed by atoms with Crippen LogP contribution in [0, 0.1) is 5.92 Å². The van der Waals surface area contributed by atoms with Crippen LogP contribution in [0.25, 0.3) is 0 Å². The Morgan fingerprint density at radius 2 is 1.81 bits per heavy atom. The molecule has 1 N–H and O–H groups in total. The minimum atomic E-state index is 0.0211. The van der Waals surface area contributed by atoms with E-state index < -0.39 is 0 Å². The molecule has 7 heteroatoms. The van der Waals surface area contributed by atoms with E-state index in [1.165, 1.54) is 0 Å². The van der Waals surface area contributed by atoms with Gasteiger partial charge in [0.25, 0.3) is 0 Å². The molecule has 27 heavy (non-hydrogen) atoms. The summed E-state index contributed by atoms with van der Waals surface area (Å²) in [6.07, 6.45) is 5.92. The number of carbonyl (C=O) groups excluding carboxylic acids is 2. The van der Waals surface area contributed by atoms with Crippen molar-refractivity contribution in [2.75, 3.05) is 44.2 Å². The lowest BCUT2D eigenvalue weighted by molar-refractivity contribution is -0.133. The van der Waals surface area contributed by atoms with Gasteiger partial charge in [-0.2, -0.15) is 0 Å². The molecule has 2 saturated heterocycles. The number of hydrogen-bond acceptors (Lipinski definition) is 4. The Kier molecular flexibility index (Phi) is 6.53. The number of rotatable bonds is 4. The zero-order valence-electron chi connectivity index (χ0n) is 16.4. The number of anilines is 1. The van der Waals surface area contributed by atoms with E-state index in [4.69, 9.17) is 0 Å². The molecule has 2 fully saturated rings. The number of pyridine rings is 1. The van der Waals surface area contributed by atoms with Crippen LogP contribution in [0.3, 0.4) is 0 Å². The van der Waals surface area contributed by atoms with Crippen molar-refractivity contribution in [3.05, 3.63) is 24.5 Å². The number of nitrogens with one attached hydrogen (secondary N) is 1. The van der Waals surface area contributed by atoms with Gasteiger partial charge in [0.1, 0.15) is 0 Å². The third kappa shape index (κ3) is 5.34. The van der Waals surface area contributed by atoms with Crippen LogP contribution in [-0.4, -0.2) is 72.0 Å². The maximum absolute atomic E-state index is 12.6. The first-order valence-corrected chi connectivity index (χ1v) is 10.0. The first-order valence-electron chi connectivity index (χ1n) is 10.0. The summed E-state index contributed by atoms with van der Waals surface area (Å²) in [4.78, 5) is 35.0. The van der Waals surface area contributed by atoms with Crippen molar-refractivity contribution in [1.29, 1.82) is 0 Å². The third-order valence-electron chi connectivity index (χ3n) is 5.34. The average molecular weight is 374 g/mol. The predicted octanol–water partition coefficient (Wildman–Crippen LogP) is 1.95. The number of piperazine rings is 1. The highest BCUT2D eigenvalue weighted by molar-refractivity contribution is 5.77. The second-order valence-electron chi connectivity index (χ2n) is 7.89. The Balaban J connectivity index is 1.40. The number of piperidine rings is 1. The molecule has 0 aromatic carbocycles. The van der Waals surface area contributed by atoms with Gasteiger partial charge in [-0.15, -0.1) is 0 Å². The Hall–Kier alpha value is -2.31. The lowest BCUT2D eigenvalue weighted by Gasteiger charge is -2.38. The van der Waals surface area contributed by atoms with Crippen molar-refractivity contribution >= 4 is 17.6 Å². The number of hydrogen-bond donors (Lipinski definition) is 1. The smallest absolute Gasteiger partial charge is 0.317 e. The van der Waals surface area contributed by atoms with Crippen LogP contribution in [0.15, 0.2) is 24.5 Å². The van der Waals surface area contributed by atoms with Gasteiger partial charge in [0.15, 0.2) is 0 Å². The van der Waals surface area contributed by atoms with Gasteiger partial charge in [-0.1, -0.05) is 13.8 Å². The van der Waals surface area contributed by atoms with Gasteiger partial charge in [0.05, 0.1) is 11.9 Å². The normalized spacial score (nSPS) is 18.7. The number of amides is 3. The van der Waals surface area contributed by atoms with Gasteiger partial charge in [-0.25, -0.2) is 4.79 Å². The van der Waals surface area contributed by atoms with Crippen molar-refractivity contribution in [2.24, 2.45) is 5.92 Å². The minimum absolute atomic E-state index is 0.0211. The third-order valence-corrected chi connectivity index (χ3v) is 5.34. The molecule has 0 unspecified atom stereocenters. The highest BCUT2D eigenvalue weighted by atomic mass is 16.2. The Morgan fingerprint density at radius 1 is 1.11 bits per heavy atom. The first-order chi connectivity index (χ1) is 13.0. The fraction of sp³-hybridized carbons (Fsp3) is 0.650. The predicted molar refractivity (Wildman–Crippen MR) is 106 cm³/mol. The van der Waals surface area contributed by atoms with Crippen molar-refractivity contribution < 1.29 is 9.59 Å². The summed E-state index contributed by atoms with van der Waals surface area (Å²) < 4.78 is 0. The quantitative estimate of drug-likeness (QED) is 0.876. The lowest BCUT2D eigenvalue weighted by atomic mass is 10.0. The maximum atomic E-state index is 12.6. The van der Waals surface area contributed by atoms with E-state index in [-0.39, 0.29) is 18.0 Å². The topological polar surface area (TPSA) is 68.8 Å². The molecule has 0 radical (unpaired) electrons. The summed E-state index contributed by atoms with van der Waals surface area (Å²) in [6.45, 7) is 8.69. The molecule has 7 nitrogen and oxygen atoms in total. The Bertz CT molecular complexity index is 621. The molecule has 3 heterocycles. The molecule has 3 rings (SSSR count). The number of carbonyl (C=O) groups is 2.